The number of nitro benzene ring substituents is 1. The summed E-state index contributed by atoms with van der Waals surface area (Å²) < 4.78 is 0.948. The summed E-state index contributed by atoms with van der Waals surface area (Å²) in [6.07, 6.45) is 0. The number of benzene rings is 2. The van der Waals surface area contributed by atoms with E-state index < -0.39 is 16.9 Å². The van der Waals surface area contributed by atoms with Gasteiger partial charge in [0.2, 0.25) is 5.91 Å². The Morgan fingerprint density at radius 2 is 1.93 bits per heavy atom. The van der Waals surface area contributed by atoms with E-state index in [2.05, 4.69) is 15.6 Å². The molecule has 2 amide bonds. The van der Waals surface area contributed by atoms with Crippen molar-refractivity contribution in [3.05, 3.63) is 62.1 Å². The Morgan fingerprint density at radius 1 is 1.20 bits per heavy atom. The Kier molecular flexibility index (Phi) is 6.33. The Balaban J connectivity index is 1.77. The minimum atomic E-state index is -0.842. The molecule has 1 unspecified atom stereocenters. The van der Waals surface area contributed by atoms with Gasteiger partial charge >= 0.3 is 0 Å². The third-order valence-electron chi connectivity index (χ3n) is 4.40. The highest BCUT2D eigenvalue weighted by molar-refractivity contribution is 7.18. The van der Waals surface area contributed by atoms with Gasteiger partial charge in [-0.3, -0.25) is 19.7 Å². The van der Waals surface area contributed by atoms with Crippen LogP contribution in [0.4, 0.5) is 11.4 Å². The number of hydrogen-bond donors (Lipinski definition) is 2. The maximum atomic E-state index is 12.8. The Hall–Kier alpha value is -3.04. The van der Waals surface area contributed by atoms with Crippen molar-refractivity contribution in [1.82, 2.24) is 10.3 Å². The topological polar surface area (TPSA) is 114 Å². The van der Waals surface area contributed by atoms with Gasteiger partial charge in [0.1, 0.15) is 11.1 Å². The van der Waals surface area contributed by atoms with Gasteiger partial charge in [-0.05, 0) is 43.2 Å². The molecule has 1 aromatic heterocycles. The monoisotopic (exact) mass is 446 g/mol. The number of aryl methyl sites for hydroxylation is 1. The van der Waals surface area contributed by atoms with E-state index in [1.807, 2.05) is 19.1 Å². The highest BCUT2D eigenvalue weighted by Crippen LogP contribution is 2.26. The number of carbonyl (C=O) groups excluding carboxylic acids is 2. The maximum absolute atomic E-state index is 12.8. The lowest BCUT2D eigenvalue weighted by Crippen LogP contribution is -2.47. The average Bonchev–Trinajstić information content (AvgIpc) is 3.04. The molecule has 0 fully saturated rings. The molecule has 0 aliphatic carbocycles. The van der Waals surface area contributed by atoms with Crippen LogP contribution in [0.15, 0.2) is 36.4 Å². The van der Waals surface area contributed by atoms with E-state index in [4.69, 9.17) is 11.6 Å². The molecule has 0 aliphatic rings. The molecule has 2 N–H and O–H groups in total. The second-order valence-electron chi connectivity index (χ2n) is 7.02. The number of nitro groups is 1. The van der Waals surface area contributed by atoms with Gasteiger partial charge in [0.15, 0.2) is 0 Å². The molecular weight excluding hydrogens is 428 g/mol. The van der Waals surface area contributed by atoms with Crippen LogP contribution in [0.25, 0.3) is 10.2 Å². The van der Waals surface area contributed by atoms with Gasteiger partial charge in [-0.1, -0.05) is 25.4 Å². The van der Waals surface area contributed by atoms with Crippen molar-refractivity contribution in [2.45, 2.75) is 26.8 Å². The van der Waals surface area contributed by atoms with Gasteiger partial charge in [0.05, 0.1) is 20.1 Å². The van der Waals surface area contributed by atoms with Crippen LogP contribution in [-0.4, -0.2) is 27.8 Å². The van der Waals surface area contributed by atoms with Crippen LogP contribution in [0.5, 0.6) is 0 Å². The molecule has 1 atom stereocenters. The van der Waals surface area contributed by atoms with Crippen LogP contribution in [0, 0.1) is 23.0 Å². The lowest BCUT2D eigenvalue weighted by molar-refractivity contribution is -0.384. The standard InChI is InChI=1S/C20H19ClN4O4S/c1-10(2)18(24-19(26)12-4-6-14(21)16(8-12)25(28)29)20(27)23-13-5-7-15-17(9-13)30-11(3)22-15/h4-10,18H,1-3H3,(H,23,27)(H,24,26). The number of thiazole rings is 1. The van der Waals surface area contributed by atoms with E-state index in [9.17, 15) is 19.7 Å². The number of nitrogens with one attached hydrogen (secondary N) is 2. The maximum Gasteiger partial charge on any atom is 0.288 e. The number of fused-ring (bicyclic) bond motifs is 1. The molecular formula is C20H19ClN4O4S. The molecule has 156 valence electrons. The average molecular weight is 447 g/mol. The zero-order chi connectivity index (χ0) is 22.0. The summed E-state index contributed by atoms with van der Waals surface area (Å²) in [5.74, 6) is -1.20. The minimum absolute atomic E-state index is 0.0473. The van der Waals surface area contributed by atoms with Crippen molar-refractivity contribution < 1.29 is 14.5 Å². The normalized spacial score (nSPS) is 12.0. The summed E-state index contributed by atoms with van der Waals surface area (Å²) in [6, 6.07) is 8.31. The molecule has 0 saturated heterocycles. The smallest absolute Gasteiger partial charge is 0.288 e. The van der Waals surface area contributed by atoms with Crippen LogP contribution in [-0.2, 0) is 4.79 Å². The van der Waals surface area contributed by atoms with Crippen molar-refractivity contribution in [2.24, 2.45) is 5.92 Å². The van der Waals surface area contributed by atoms with E-state index in [1.165, 1.54) is 23.5 Å². The predicted octanol–water partition coefficient (Wildman–Crippen LogP) is 4.56. The fourth-order valence-corrected chi connectivity index (χ4v) is 3.94. The fraction of sp³-hybridized carbons (Fsp3) is 0.250. The molecule has 0 radical (unpaired) electrons. The summed E-state index contributed by atoms with van der Waals surface area (Å²) in [4.78, 5) is 40.2. The van der Waals surface area contributed by atoms with Crippen LogP contribution in [0.2, 0.25) is 5.02 Å². The first-order valence-corrected chi connectivity index (χ1v) is 10.3. The van der Waals surface area contributed by atoms with Gasteiger partial charge in [-0.2, -0.15) is 0 Å². The zero-order valence-corrected chi connectivity index (χ0v) is 18.0. The molecule has 0 saturated carbocycles. The Bertz CT molecular complexity index is 1150. The van der Waals surface area contributed by atoms with E-state index in [0.717, 1.165) is 21.3 Å². The predicted molar refractivity (Wildman–Crippen MR) is 117 cm³/mol. The second kappa shape index (κ2) is 8.76. The van der Waals surface area contributed by atoms with E-state index in [1.54, 1.807) is 19.9 Å². The highest BCUT2D eigenvalue weighted by atomic mass is 35.5. The van der Waals surface area contributed by atoms with Crippen molar-refractivity contribution in [3.63, 3.8) is 0 Å². The summed E-state index contributed by atoms with van der Waals surface area (Å²) in [5.41, 5.74) is 1.13. The molecule has 30 heavy (non-hydrogen) atoms. The first kappa shape index (κ1) is 21.7. The number of carbonyl (C=O) groups is 2. The first-order valence-electron chi connectivity index (χ1n) is 9.08. The lowest BCUT2D eigenvalue weighted by Gasteiger charge is -2.22. The molecule has 0 aliphatic heterocycles. The van der Waals surface area contributed by atoms with Crippen molar-refractivity contribution in [1.29, 1.82) is 0 Å². The van der Waals surface area contributed by atoms with E-state index in [0.29, 0.717) is 5.69 Å². The van der Waals surface area contributed by atoms with Gasteiger partial charge in [-0.15, -0.1) is 11.3 Å². The largest absolute Gasteiger partial charge is 0.340 e. The van der Waals surface area contributed by atoms with Gasteiger partial charge in [0.25, 0.3) is 11.6 Å². The number of aromatic nitrogens is 1. The van der Waals surface area contributed by atoms with Gasteiger partial charge in [-0.25, -0.2) is 4.98 Å². The zero-order valence-electron chi connectivity index (χ0n) is 16.4. The Labute approximate surface area is 181 Å². The summed E-state index contributed by atoms with van der Waals surface area (Å²) in [7, 11) is 0. The lowest BCUT2D eigenvalue weighted by atomic mass is 10.0. The fourth-order valence-electron chi connectivity index (χ4n) is 2.89. The molecule has 3 aromatic rings. The van der Waals surface area contributed by atoms with Crippen LogP contribution in [0.1, 0.15) is 29.2 Å². The summed E-state index contributed by atoms with van der Waals surface area (Å²) in [6.45, 7) is 5.50. The highest BCUT2D eigenvalue weighted by Gasteiger charge is 2.26. The van der Waals surface area contributed by atoms with Gasteiger partial charge < -0.3 is 10.6 Å². The SMILES string of the molecule is Cc1nc2ccc(NC(=O)C(NC(=O)c3ccc(Cl)c([N+](=O)[O-])c3)C(C)C)cc2s1. The number of halogens is 1. The second-order valence-corrected chi connectivity index (χ2v) is 8.67. The third-order valence-corrected chi connectivity index (χ3v) is 5.66. The van der Waals surface area contributed by atoms with Gasteiger partial charge in [0, 0.05) is 17.3 Å². The number of rotatable bonds is 6. The first-order chi connectivity index (χ1) is 14.2. The molecule has 3 rings (SSSR count). The molecule has 0 bridgehead atoms. The minimum Gasteiger partial charge on any atom is -0.340 e. The molecule has 2 aromatic carbocycles. The van der Waals surface area contributed by atoms with Crippen molar-refractivity contribution in [3.8, 4) is 0 Å². The van der Waals surface area contributed by atoms with Crippen molar-refractivity contribution in [2.75, 3.05) is 5.32 Å². The van der Waals surface area contributed by atoms with Crippen LogP contribution < -0.4 is 10.6 Å². The molecule has 8 nitrogen and oxygen atoms in total. The number of hydrogen-bond acceptors (Lipinski definition) is 6. The Morgan fingerprint density at radius 3 is 2.60 bits per heavy atom. The number of anilines is 1. The number of amides is 2. The molecule has 1 heterocycles. The molecule has 0 spiro atoms. The number of nitrogens with zero attached hydrogens (tertiary/aromatic N) is 2. The van der Waals surface area contributed by atoms with E-state index >= 15 is 0 Å². The third kappa shape index (κ3) is 4.74. The summed E-state index contributed by atoms with van der Waals surface area (Å²) >= 11 is 7.32. The molecule has 10 heteroatoms. The van der Waals surface area contributed by atoms with E-state index in [-0.39, 0.29) is 28.1 Å². The van der Waals surface area contributed by atoms with Crippen molar-refractivity contribution >= 4 is 56.3 Å². The van der Waals surface area contributed by atoms with Crippen LogP contribution >= 0.6 is 22.9 Å². The quantitative estimate of drug-likeness (QED) is 0.425. The van der Waals surface area contributed by atoms with Crippen LogP contribution in [0.3, 0.4) is 0 Å². The summed E-state index contributed by atoms with van der Waals surface area (Å²) in [5, 5.41) is 17.4.